The van der Waals surface area contributed by atoms with Crippen LogP contribution in [0.25, 0.3) is 0 Å². The third-order valence-corrected chi connectivity index (χ3v) is 2.76. The van der Waals surface area contributed by atoms with Crippen molar-refractivity contribution in [2.24, 2.45) is 0 Å². The van der Waals surface area contributed by atoms with Gasteiger partial charge in [0.2, 0.25) is 0 Å². The van der Waals surface area contributed by atoms with Crippen LogP contribution in [0.1, 0.15) is 36.1 Å². The van der Waals surface area contributed by atoms with Gasteiger partial charge in [-0.25, -0.2) is 12.1 Å². The Morgan fingerprint density at radius 3 is 1.21 bits per heavy atom. The second-order valence-corrected chi connectivity index (χ2v) is 4.30. The van der Waals surface area contributed by atoms with Crippen LogP contribution in [0.15, 0.2) is 36.4 Å². The average molecular weight is 333 g/mol. The fourth-order valence-electron chi connectivity index (χ4n) is 1.69. The van der Waals surface area contributed by atoms with Gasteiger partial charge in [-0.15, -0.1) is 0 Å². The van der Waals surface area contributed by atoms with E-state index in [0.717, 1.165) is 12.8 Å². The summed E-state index contributed by atoms with van der Waals surface area (Å²) in [6.07, 6.45) is 2.32. The van der Waals surface area contributed by atoms with E-state index < -0.39 is 0 Å². The molecule has 0 atom stereocenters. The molecule has 0 unspecified atom stereocenters. The van der Waals surface area contributed by atoms with Crippen LogP contribution in [-0.2, 0) is 34.6 Å². The van der Waals surface area contributed by atoms with Crippen molar-refractivity contribution < 1.29 is 46.5 Å². The maximum Gasteiger partial charge on any atom is 4.00 e. The van der Waals surface area contributed by atoms with Crippen molar-refractivity contribution in [1.29, 1.82) is 0 Å². The summed E-state index contributed by atoms with van der Waals surface area (Å²) < 4.78 is 0. The SMILES string of the molecule is CCc1cc[c-](C)c1.CCc1cc[c-](C)c1.[Cl-].[Cl-].[Ti+4]. The predicted octanol–water partition coefficient (Wildman–Crippen LogP) is -1.44. The summed E-state index contributed by atoms with van der Waals surface area (Å²) in [4.78, 5) is 0. The van der Waals surface area contributed by atoms with Crippen LogP contribution >= 0.6 is 0 Å². The first-order chi connectivity index (χ1) is 7.65. The zero-order valence-corrected chi connectivity index (χ0v) is 15.2. The quantitative estimate of drug-likeness (QED) is 0.467. The standard InChI is InChI=1S/2C8H11.2ClH.Ti/c2*1-3-8-5-4-7(2)6-8;;;/h2*4-6H,3H2,1-2H3;2*1H;/q2*-1;;;+4/p-2. The molecule has 2 aromatic carbocycles. The molecule has 0 fully saturated rings. The minimum Gasteiger partial charge on any atom is -1.00 e. The number of hydrogen-bond acceptors (Lipinski definition) is 0. The molecule has 0 aromatic heterocycles. The molecule has 0 amide bonds. The molecule has 0 saturated carbocycles. The van der Waals surface area contributed by atoms with E-state index in [1.807, 2.05) is 0 Å². The molecule has 19 heavy (non-hydrogen) atoms. The molecule has 104 valence electrons. The largest absolute Gasteiger partial charge is 4.00 e. The third-order valence-electron chi connectivity index (χ3n) is 2.76. The Hall–Kier alpha value is -0.00571. The summed E-state index contributed by atoms with van der Waals surface area (Å²) in [5.41, 5.74) is 5.65. The summed E-state index contributed by atoms with van der Waals surface area (Å²) >= 11 is 0. The zero-order chi connectivity index (χ0) is 12.0. The van der Waals surface area contributed by atoms with Gasteiger partial charge in [0.1, 0.15) is 0 Å². The fraction of sp³-hybridized carbons (Fsp3) is 0.375. The van der Waals surface area contributed by atoms with Crippen LogP contribution in [0.4, 0.5) is 0 Å². The molecule has 0 saturated heterocycles. The minimum atomic E-state index is 0. The summed E-state index contributed by atoms with van der Waals surface area (Å²) in [7, 11) is 0. The zero-order valence-electron chi connectivity index (χ0n) is 12.1. The van der Waals surface area contributed by atoms with Gasteiger partial charge < -0.3 is 24.8 Å². The molecule has 0 nitrogen and oxygen atoms in total. The first-order valence-corrected chi connectivity index (χ1v) is 6.10. The van der Waals surface area contributed by atoms with Crippen molar-refractivity contribution in [3.8, 4) is 0 Å². The van der Waals surface area contributed by atoms with Crippen molar-refractivity contribution in [2.75, 3.05) is 0 Å². The van der Waals surface area contributed by atoms with Gasteiger partial charge in [-0.3, -0.25) is 0 Å². The Labute approximate surface area is 145 Å². The molecule has 0 heterocycles. The maximum atomic E-state index is 2.22. The van der Waals surface area contributed by atoms with Crippen LogP contribution < -0.4 is 24.8 Å². The smallest absolute Gasteiger partial charge is 1.00 e. The van der Waals surface area contributed by atoms with Crippen LogP contribution in [0.5, 0.6) is 0 Å². The van der Waals surface area contributed by atoms with Gasteiger partial charge in [-0.1, -0.05) is 40.5 Å². The minimum absolute atomic E-state index is 0. The fourth-order valence-corrected chi connectivity index (χ4v) is 1.69. The molecular weight excluding hydrogens is 311 g/mol. The molecule has 3 heteroatoms. The summed E-state index contributed by atoms with van der Waals surface area (Å²) in [6, 6.07) is 13.1. The molecule has 2 aromatic rings. The van der Waals surface area contributed by atoms with E-state index in [2.05, 4.69) is 64.1 Å². The van der Waals surface area contributed by atoms with Crippen molar-refractivity contribution in [3.63, 3.8) is 0 Å². The van der Waals surface area contributed by atoms with Gasteiger partial charge in [0.15, 0.2) is 0 Å². The van der Waals surface area contributed by atoms with E-state index in [9.17, 15) is 0 Å². The van der Waals surface area contributed by atoms with E-state index in [4.69, 9.17) is 0 Å². The number of rotatable bonds is 2. The molecule has 2 rings (SSSR count). The van der Waals surface area contributed by atoms with Crippen LogP contribution in [-0.4, -0.2) is 0 Å². The molecule has 0 N–H and O–H groups in total. The Bertz CT molecular complexity index is 376. The van der Waals surface area contributed by atoms with Crippen LogP contribution in [0.3, 0.4) is 0 Å². The second-order valence-electron chi connectivity index (χ2n) is 4.30. The Morgan fingerprint density at radius 1 is 0.789 bits per heavy atom. The second kappa shape index (κ2) is 13.0. The summed E-state index contributed by atoms with van der Waals surface area (Å²) in [5, 5.41) is 0. The van der Waals surface area contributed by atoms with Gasteiger partial charge in [0.25, 0.3) is 0 Å². The van der Waals surface area contributed by atoms with Gasteiger partial charge in [0.05, 0.1) is 0 Å². The molecule has 0 spiro atoms. The van der Waals surface area contributed by atoms with Crippen LogP contribution in [0.2, 0.25) is 0 Å². The van der Waals surface area contributed by atoms with E-state index in [0.29, 0.717) is 0 Å². The van der Waals surface area contributed by atoms with Gasteiger partial charge in [0, 0.05) is 0 Å². The summed E-state index contributed by atoms with van der Waals surface area (Å²) in [6.45, 7) is 8.60. The van der Waals surface area contributed by atoms with E-state index in [1.165, 1.54) is 22.3 Å². The Kier molecular flexibility index (Phi) is 16.4. The van der Waals surface area contributed by atoms with Crippen molar-refractivity contribution >= 4 is 0 Å². The molecule has 0 radical (unpaired) electrons. The normalized spacial score (nSPS) is 8.21. The topological polar surface area (TPSA) is 0 Å². The van der Waals surface area contributed by atoms with Gasteiger partial charge in [-0.2, -0.15) is 46.5 Å². The number of halogens is 2. The number of aryl methyl sites for hydroxylation is 4. The predicted molar refractivity (Wildman–Crippen MR) is 72.3 cm³/mol. The van der Waals surface area contributed by atoms with E-state index in [1.54, 1.807) is 0 Å². The third kappa shape index (κ3) is 9.52. The molecule has 0 aliphatic carbocycles. The van der Waals surface area contributed by atoms with Gasteiger partial charge >= 0.3 is 21.7 Å². The summed E-state index contributed by atoms with van der Waals surface area (Å²) in [5.74, 6) is 0. The van der Waals surface area contributed by atoms with E-state index in [-0.39, 0.29) is 46.5 Å². The molecular formula is C16H22Cl2Ti. The molecule has 0 bridgehead atoms. The monoisotopic (exact) mass is 332 g/mol. The first kappa shape index (κ1) is 24.0. The molecule has 0 aliphatic rings. The maximum absolute atomic E-state index is 2.22. The first-order valence-electron chi connectivity index (χ1n) is 6.10. The Balaban J connectivity index is -0.000000233. The van der Waals surface area contributed by atoms with Crippen molar-refractivity contribution in [1.82, 2.24) is 0 Å². The van der Waals surface area contributed by atoms with Crippen molar-refractivity contribution in [3.05, 3.63) is 58.7 Å². The van der Waals surface area contributed by atoms with Crippen LogP contribution in [0, 0.1) is 13.8 Å². The molecule has 0 aliphatic heterocycles. The van der Waals surface area contributed by atoms with E-state index >= 15 is 0 Å². The van der Waals surface area contributed by atoms with Crippen molar-refractivity contribution in [2.45, 2.75) is 40.5 Å². The number of hydrogen-bond donors (Lipinski definition) is 0. The average Bonchev–Trinajstić information content (AvgIpc) is 2.88. The van der Waals surface area contributed by atoms with Gasteiger partial charge in [-0.05, 0) is 0 Å². The Morgan fingerprint density at radius 2 is 1.11 bits per heavy atom.